The van der Waals surface area contributed by atoms with Gasteiger partial charge in [0.1, 0.15) is 6.61 Å². The maximum Gasteiger partial charge on any atom is 0.251 e. The van der Waals surface area contributed by atoms with Crippen LogP contribution in [0.5, 0.6) is 0 Å². The van der Waals surface area contributed by atoms with Gasteiger partial charge in [0, 0.05) is 5.56 Å². The van der Waals surface area contributed by atoms with Crippen molar-refractivity contribution in [2.45, 2.75) is 13.0 Å². The highest BCUT2D eigenvalue weighted by molar-refractivity contribution is 5.95. The van der Waals surface area contributed by atoms with Crippen LogP contribution < -0.4 is 5.32 Å². The number of hydrogen-bond acceptors (Lipinski definition) is 3. The lowest BCUT2D eigenvalue weighted by atomic mass is 9.93. The Hall–Kier alpha value is -2.62. The zero-order valence-corrected chi connectivity index (χ0v) is 13.1. The lowest BCUT2D eigenvalue weighted by Crippen LogP contribution is -2.35. The van der Waals surface area contributed by atoms with Crippen LogP contribution in [0, 0.1) is 5.92 Å². The van der Waals surface area contributed by atoms with E-state index < -0.39 is 0 Å². The molecule has 0 saturated heterocycles. The lowest BCUT2D eigenvalue weighted by Gasteiger charge is -2.25. The molecule has 1 amide bonds. The fraction of sp³-hybridized carbons (Fsp3) is 0.263. The molecule has 0 aliphatic carbocycles. The summed E-state index contributed by atoms with van der Waals surface area (Å²) in [5, 5.41) is 3.13. The molecule has 4 heteroatoms. The summed E-state index contributed by atoms with van der Waals surface area (Å²) in [5.74, 6) is 0.602. The molecule has 0 spiro atoms. The van der Waals surface area contributed by atoms with E-state index in [2.05, 4.69) is 10.3 Å². The molecular formula is C19H20N2O2. The lowest BCUT2D eigenvalue weighted by molar-refractivity contribution is 0.0928. The van der Waals surface area contributed by atoms with Crippen molar-refractivity contribution in [2.75, 3.05) is 13.2 Å². The number of carbonyl (C=O) groups is 1. The van der Waals surface area contributed by atoms with Gasteiger partial charge in [0.2, 0.25) is 0 Å². The Morgan fingerprint density at radius 2 is 1.74 bits per heavy atom. The van der Waals surface area contributed by atoms with E-state index in [0.717, 1.165) is 5.56 Å². The Balaban J connectivity index is 1.85. The number of aliphatic imine (C=N–C) groups is 1. The van der Waals surface area contributed by atoms with Crippen LogP contribution in [0.15, 0.2) is 65.7 Å². The maximum atomic E-state index is 12.6. The number of ether oxygens (including phenoxy) is 1. The van der Waals surface area contributed by atoms with Gasteiger partial charge >= 0.3 is 0 Å². The van der Waals surface area contributed by atoms with Gasteiger partial charge in [-0.25, -0.2) is 0 Å². The van der Waals surface area contributed by atoms with Crippen molar-refractivity contribution in [3.05, 3.63) is 71.8 Å². The van der Waals surface area contributed by atoms with Crippen LogP contribution >= 0.6 is 0 Å². The quantitative estimate of drug-likeness (QED) is 0.922. The van der Waals surface area contributed by atoms with Gasteiger partial charge in [-0.3, -0.25) is 9.79 Å². The van der Waals surface area contributed by atoms with Crippen molar-refractivity contribution in [2.24, 2.45) is 10.9 Å². The summed E-state index contributed by atoms with van der Waals surface area (Å²) in [4.78, 5) is 17.0. The standard InChI is InChI=1S/C19H20N2O2/c1-14(19-20-12-13-23-19)17(15-8-4-2-5-9-15)21-18(22)16-10-6-3-7-11-16/h2-11,14,17H,12-13H2,1H3,(H,21,22)/t14-,17+/m0/s1. The number of amides is 1. The van der Waals surface area contributed by atoms with Crippen molar-refractivity contribution in [3.8, 4) is 0 Å². The van der Waals surface area contributed by atoms with Crippen molar-refractivity contribution in [3.63, 3.8) is 0 Å². The smallest absolute Gasteiger partial charge is 0.251 e. The highest BCUT2D eigenvalue weighted by Gasteiger charge is 2.28. The Labute approximate surface area is 136 Å². The molecule has 0 aromatic heterocycles. The number of rotatable bonds is 5. The average molecular weight is 308 g/mol. The van der Waals surface area contributed by atoms with Gasteiger partial charge in [-0.05, 0) is 17.7 Å². The third-order valence-corrected chi connectivity index (χ3v) is 3.98. The zero-order valence-electron chi connectivity index (χ0n) is 13.1. The first kappa shape index (κ1) is 15.3. The van der Waals surface area contributed by atoms with E-state index >= 15 is 0 Å². The first-order valence-electron chi connectivity index (χ1n) is 7.83. The molecule has 1 aliphatic rings. The molecule has 118 valence electrons. The predicted molar refractivity (Wildman–Crippen MR) is 90.5 cm³/mol. The van der Waals surface area contributed by atoms with E-state index in [-0.39, 0.29) is 17.9 Å². The summed E-state index contributed by atoms with van der Waals surface area (Å²) in [5.41, 5.74) is 1.69. The molecule has 4 nitrogen and oxygen atoms in total. The predicted octanol–water partition coefficient (Wildman–Crippen LogP) is 3.22. The number of nitrogens with one attached hydrogen (secondary N) is 1. The van der Waals surface area contributed by atoms with Gasteiger partial charge in [-0.1, -0.05) is 55.5 Å². The Bertz CT molecular complexity index is 683. The Kier molecular flexibility index (Phi) is 4.71. The summed E-state index contributed by atoms with van der Waals surface area (Å²) in [6.07, 6.45) is 0. The van der Waals surface area contributed by atoms with Gasteiger partial charge in [0.15, 0.2) is 5.90 Å². The molecule has 2 aromatic rings. The topological polar surface area (TPSA) is 50.7 Å². The minimum Gasteiger partial charge on any atom is -0.479 e. The molecule has 2 aromatic carbocycles. The number of hydrogen-bond donors (Lipinski definition) is 1. The van der Waals surface area contributed by atoms with Crippen LogP contribution in [0.3, 0.4) is 0 Å². The number of carbonyl (C=O) groups excluding carboxylic acids is 1. The van der Waals surface area contributed by atoms with E-state index in [1.54, 1.807) is 0 Å². The molecule has 23 heavy (non-hydrogen) atoms. The van der Waals surface area contributed by atoms with E-state index in [9.17, 15) is 4.79 Å². The highest BCUT2D eigenvalue weighted by atomic mass is 16.5. The monoisotopic (exact) mass is 308 g/mol. The van der Waals surface area contributed by atoms with Crippen LogP contribution in [0.2, 0.25) is 0 Å². The molecule has 0 fully saturated rings. The van der Waals surface area contributed by atoms with E-state index in [1.807, 2.05) is 67.6 Å². The van der Waals surface area contributed by atoms with Crippen molar-refractivity contribution >= 4 is 11.8 Å². The van der Waals surface area contributed by atoms with Crippen LogP contribution in [-0.2, 0) is 4.74 Å². The molecule has 0 unspecified atom stereocenters. The number of nitrogens with zero attached hydrogens (tertiary/aromatic N) is 1. The van der Waals surface area contributed by atoms with E-state index in [1.165, 1.54) is 0 Å². The molecule has 1 heterocycles. The van der Waals surface area contributed by atoms with Gasteiger partial charge in [0.05, 0.1) is 18.5 Å². The van der Waals surface area contributed by atoms with Crippen molar-refractivity contribution < 1.29 is 9.53 Å². The van der Waals surface area contributed by atoms with Crippen LogP contribution in [0.4, 0.5) is 0 Å². The minimum atomic E-state index is -0.180. The largest absolute Gasteiger partial charge is 0.479 e. The molecule has 0 bridgehead atoms. The average Bonchev–Trinajstić information content (AvgIpc) is 3.15. The molecule has 3 rings (SSSR count). The maximum absolute atomic E-state index is 12.6. The second-order valence-corrected chi connectivity index (χ2v) is 5.58. The third kappa shape index (κ3) is 3.59. The third-order valence-electron chi connectivity index (χ3n) is 3.98. The number of benzene rings is 2. The van der Waals surface area contributed by atoms with Crippen molar-refractivity contribution in [1.82, 2.24) is 5.32 Å². The summed E-state index contributed by atoms with van der Waals surface area (Å²) in [6, 6.07) is 19.0. The Morgan fingerprint density at radius 3 is 2.35 bits per heavy atom. The molecular weight excluding hydrogens is 288 g/mol. The normalized spacial score (nSPS) is 16.1. The first-order valence-corrected chi connectivity index (χ1v) is 7.83. The SMILES string of the molecule is C[C@H](C1=NCCO1)[C@@H](NC(=O)c1ccccc1)c1ccccc1. The minimum absolute atomic E-state index is 0.0208. The van der Waals surface area contributed by atoms with Crippen LogP contribution in [0.25, 0.3) is 0 Å². The summed E-state index contributed by atoms with van der Waals surface area (Å²) in [6.45, 7) is 3.34. The van der Waals surface area contributed by atoms with E-state index in [0.29, 0.717) is 24.6 Å². The van der Waals surface area contributed by atoms with Gasteiger partial charge in [-0.2, -0.15) is 0 Å². The molecule has 0 radical (unpaired) electrons. The first-order chi connectivity index (χ1) is 11.3. The fourth-order valence-electron chi connectivity index (χ4n) is 2.74. The van der Waals surface area contributed by atoms with Crippen molar-refractivity contribution in [1.29, 1.82) is 0 Å². The zero-order chi connectivity index (χ0) is 16.1. The molecule has 2 atom stereocenters. The highest BCUT2D eigenvalue weighted by Crippen LogP contribution is 2.25. The van der Waals surface area contributed by atoms with Gasteiger partial charge in [0.25, 0.3) is 5.91 Å². The van der Waals surface area contributed by atoms with Gasteiger partial charge < -0.3 is 10.1 Å². The summed E-state index contributed by atoms with van der Waals surface area (Å²) < 4.78 is 5.60. The summed E-state index contributed by atoms with van der Waals surface area (Å²) >= 11 is 0. The fourth-order valence-corrected chi connectivity index (χ4v) is 2.74. The van der Waals surface area contributed by atoms with E-state index in [4.69, 9.17) is 4.74 Å². The summed E-state index contributed by atoms with van der Waals surface area (Å²) in [7, 11) is 0. The molecule has 1 N–H and O–H groups in total. The van der Waals surface area contributed by atoms with Crippen LogP contribution in [0.1, 0.15) is 28.9 Å². The van der Waals surface area contributed by atoms with Gasteiger partial charge in [-0.15, -0.1) is 0 Å². The second kappa shape index (κ2) is 7.09. The Morgan fingerprint density at radius 1 is 1.09 bits per heavy atom. The molecule has 0 saturated carbocycles. The second-order valence-electron chi connectivity index (χ2n) is 5.58. The molecule has 1 aliphatic heterocycles. The van der Waals surface area contributed by atoms with Crippen LogP contribution in [-0.4, -0.2) is 25.0 Å².